The molecule has 1 unspecified atom stereocenters. The molecule has 0 aliphatic carbocycles. The van der Waals surface area contributed by atoms with Gasteiger partial charge in [0.1, 0.15) is 6.04 Å². The predicted molar refractivity (Wildman–Crippen MR) is 53.2 cm³/mol. The molecule has 1 aliphatic heterocycles. The van der Waals surface area contributed by atoms with Gasteiger partial charge in [0.2, 0.25) is 0 Å². The van der Waals surface area contributed by atoms with Crippen LogP contribution < -0.4 is 5.32 Å². The second-order valence-electron chi connectivity index (χ2n) is 3.58. The molecule has 2 N–H and O–H groups in total. The van der Waals surface area contributed by atoms with E-state index in [4.69, 9.17) is 5.11 Å². The molecule has 0 radical (unpaired) electrons. The molecule has 3 nitrogen and oxygen atoms in total. The zero-order valence-corrected chi connectivity index (χ0v) is 7.81. The molecule has 0 bridgehead atoms. The highest BCUT2D eigenvalue weighted by molar-refractivity contribution is 5.75. The first-order valence-electron chi connectivity index (χ1n) is 4.80. The fraction of sp³-hybridized carbons (Fsp3) is 0.364. The number of carboxylic acids is 1. The van der Waals surface area contributed by atoms with Gasteiger partial charge in [-0.3, -0.25) is 4.79 Å². The molecular formula is C11H13NO2. The summed E-state index contributed by atoms with van der Waals surface area (Å²) in [6.07, 6.45) is 0.904. The number of rotatable bonds is 2. The van der Waals surface area contributed by atoms with Gasteiger partial charge in [0.15, 0.2) is 0 Å². The molecule has 1 aromatic rings. The molecule has 74 valence electrons. The zero-order chi connectivity index (χ0) is 9.97. The summed E-state index contributed by atoms with van der Waals surface area (Å²) in [6, 6.07) is 9.42. The van der Waals surface area contributed by atoms with E-state index in [9.17, 15) is 4.79 Å². The van der Waals surface area contributed by atoms with Crippen LogP contribution in [0.15, 0.2) is 30.3 Å². The Bertz CT molecular complexity index is 323. The first-order valence-corrected chi connectivity index (χ1v) is 4.80. The quantitative estimate of drug-likeness (QED) is 0.738. The maximum Gasteiger partial charge on any atom is 0.321 e. The normalized spacial score (nSPS) is 26.3. The second-order valence-corrected chi connectivity index (χ2v) is 3.58. The van der Waals surface area contributed by atoms with E-state index < -0.39 is 12.0 Å². The molecule has 1 saturated heterocycles. The third-order valence-corrected chi connectivity index (χ3v) is 2.72. The van der Waals surface area contributed by atoms with Crippen molar-refractivity contribution in [3.05, 3.63) is 35.9 Å². The van der Waals surface area contributed by atoms with Crippen molar-refractivity contribution in [1.29, 1.82) is 0 Å². The highest BCUT2D eigenvalue weighted by Crippen LogP contribution is 2.27. The Morgan fingerprint density at radius 3 is 2.71 bits per heavy atom. The molecule has 0 aromatic heterocycles. The van der Waals surface area contributed by atoms with E-state index >= 15 is 0 Å². The van der Waals surface area contributed by atoms with Crippen LogP contribution in [-0.2, 0) is 4.79 Å². The Balaban J connectivity index is 2.22. The van der Waals surface area contributed by atoms with Crippen LogP contribution >= 0.6 is 0 Å². The maximum atomic E-state index is 10.9. The summed E-state index contributed by atoms with van der Waals surface area (Å²) in [5, 5.41) is 12.0. The molecule has 2 atom stereocenters. The Morgan fingerprint density at radius 2 is 2.07 bits per heavy atom. The van der Waals surface area contributed by atoms with Crippen molar-refractivity contribution in [2.45, 2.75) is 18.4 Å². The number of hydrogen-bond donors (Lipinski definition) is 2. The van der Waals surface area contributed by atoms with Gasteiger partial charge in [-0.15, -0.1) is 0 Å². The molecule has 1 aliphatic rings. The van der Waals surface area contributed by atoms with Crippen molar-refractivity contribution in [3.63, 3.8) is 0 Å². The molecule has 0 spiro atoms. The van der Waals surface area contributed by atoms with Crippen molar-refractivity contribution in [3.8, 4) is 0 Å². The highest BCUT2D eigenvalue weighted by Gasteiger charge is 2.33. The van der Waals surface area contributed by atoms with Crippen molar-refractivity contribution >= 4 is 5.97 Å². The third kappa shape index (κ3) is 1.63. The summed E-state index contributed by atoms with van der Waals surface area (Å²) in [5.74, 6) is -0.634. The van der Waals surface area contributed by atoms with Gasteiger partial charge >= 0.3 is 5.97 Å². The lowest BCUT2D eigenvalue weighted by Gasteiger charge is -2.15. The van der Waals surface area contributed by atoms with Crippen LogP contribution in [0.1, 0.15) is 17.9 Å². The van der Waals surface area contributed by atoms with Crippen LogP contribution in [0.2, 0.25) is 0 Å². The van der Waals surface area contributed by atoms with E-state index in [1.807, 2.05) is 30.3 Å². The number of benzene rings is 1. The second kappa shape index (κ2) is 3.80. The minimum absolute atomic E-state index is 0.119. The van der Waals surface area contributed by atoms with E-state index in [0.29, 0.717) is 0 Å². The van der Waals surface area contributed by atoms with E-state index in [0.717, 1.165) is 18.5 Å². The van der Waals surface area contributed by atoms with Gasteiger partial charge < -0.3 is 10.4 Å². The van der Waals surface area contributed by atoms with E-state index in [-0.39, 0.29) is 5.92 Å². The average Bonchev–Trinajstić information content (AvgIpc) is 2.67. The fourth-order valence-corrected chi connectivity index (χ4v) is 2.02. The van der Waals surface area contributed by atoms with Crippen LogP contribution in [0.25, 0.3) is 0 Å². The average molecular weight is 191 g/mol. The highest BCUT2D eigenvalue weighted by atomic mass is 16.4. The Morgan fingerprint density at radius 1 is 1.36 bits per heavy atom. The summed E-state index contributed by atoms with van der Waals surface area (Å²) in [4.78, 5) is 10.9. The van der Waals surface area contributed by atoms with Crippen LogP contribution in [0.3, 0.4) is 0 Å². The molecule has 1 fully saturated rings. The zero-order valence-electron chi connectivity index (χ0n) is 7.81. The standard InChI is InChI=1S/C11H13NO2/c13-11(14)10-9(6-7-12-10)8-4-2-1-3-5-8/h1-5,9-10,12H,6-7H2,(H,13,14)/t9?,10-/m1/s1. The first kappa shape index (κ1) is 9.21. The summed E-state index contributed by atoms with van der Waals surface area (Å²) in [5.41, 5.74) is 1.12. The lowest BCUT2D eigenvalue weighted by atomic mass is 9.92. The summed E-state index contributed by atoms with van der Waals surface area (Å²) >= 11 is 0. The first-order chi connectivity index (χ1) is 6.79. The van der Waals surface area contributed by atoms with Crippen molar-refractivity contribution in [1.82, 2.24) is 5.32 Å². The molecule has 2 rings (SSSR count). The maximum absolute atomic E-state index is 10.9. The number of carbonyl (C=O) groups is 1. The Labute approximate surface area is 82.8 Å². The molecule has 0 amide bonds. The van der Waals surface area contributed by atoms with E-state index in [1.54, 1.807) is 0 Å². The number of hydrogen-bond acceptors (Lipinski definition) is 2. The topological polar surface area (TPSA) is 49.3 Å². The predicted octanol–water partition coefficient (Wildman–Crippen LogP) is 1.22. The lowest BCUT2D eigenvalue weighted by Crippen LogP contribution is -2.34. The van der Waals surface area contributed by atoms with E-state index in [1.165, 1.54) is 0 Å². The van der Waals surface area contributed by atoms with Crippen LogP contribution in [-0.4, -0.2) is 23.7 Å². The summed E-state index contributed by atoms with van der Waals surface area (Å²) in [6.45, 7) is 0.788. The minimum atomic E-state index is -0.753. The third-order valence-electron chi connectivity index (χ3n) is 2.72. The molecule has 0 saturated carbocycles. The summed E-state index contributed by atoms with van der Waals surface area (Å²) < 4.78 is 0. The Kier molecular flexibility index (Phi) is 2.50. The molecule has 3 heteroatoms. The lowest BCUT2D eigenvalue weighted by molar-refractivity contribution is -0.139. The van der Waals surface area contributed by atoms with Crippen molar-refractivity contribution < 1.29 is 9.90 Å². The molecule has 1 heterocycles. The molecule has 1 aromatic carbocycles. The summed E-state index contributed by atoms with van der Waals surface area (Å²) in [7, 11) is 0. The van der Waals surface area contributed by atoms with Gasteiger partial charge in [0.05, 0.1) is 0 Å². The van der Waals surface area contributed by atoms with Gasteiger partial charge in [0.25, 0.3) is 0 Å². The molecular weight excluding hydrogens is 178 g/mol. The SMILES string of the molecule is O=C(O)[C@@H]1NCCC1c1ccccc1. The number of aliphatic carboxylic acids is 1. The number of nitrogens with one attached hydrogen (secondary N) is 1. The molecule has 14 heavy (non-hydrogen) atoms. The smallest absolute Gasteiger partial charge is 0.321 e. The van der Waals surface area contributed by atoms with Gasteiger partial charge in [-0.2, -0.15) is 0 Å². The van der Waals surface area contributed by atoms with Gasteiger partial charge in [-0.05, 0) is 18.5 Å². The van der Waals surface area contributed by atoms with Crippen LogP contribution in [0, 0.1) is 0 Å². The minimum Gasteiger partial charge on any atom is -0.480 e. The fourth-order valence-electron chi connectivity index (χ4n) is 2.02. The van der Waals surface area contributed by atoms with E-state index in [2.05, 4.69) is 5.32 Å². The number of carboxylic acid groups (broad SMARTS) is 1. The monoisotopic (exact) mass is 191 g/mol. The Hall–Kier alpha value is -1.35. The van der Waals surface area contributed by atoms with Crippen LogP contribution in [0.5, 0.6) is 0 Å². The van der Waals surface area contributed by atoms with Gasteiger partial charge in [-0.1, -0.05) is 30.3 Å². The van der Waals surface area contributed by atoms with Gasteiger partial charge in [-0.25, -0.2) is 0 Å². The van der Waals surface area contributed by atoms with Crippen molar-refractivity contribution in [2.24, 2.45) is 0 Å². The van der Waals surface area contributed by atoms with Crippen molar-refractivity contribution in [2.75, 3.05) is 6.54 Å². The van der Waals surface area contributed by atoms with Gasteiger partial charge in [0, 0.05) is 5.92 Å². The largest absolute Gasteiger partial charge is 0.480 e. The van der Waals surface area contributed by atoms with Crippen LogP contribution in [0.4, 0.5) is 0 Å².